The molecule has 0 saturated heterocycles. The summed E-state index contributed by atoms with van der Waals surface area (Å²) in [5.41, 5.74) is 0.258. The summed E-state index contributed by atoms with van der Waals surface area (Å²) in [6.07, 6.45) is 0. The minimum Gasteiger partial charge on any atom is -0.302 e. The van der Waals surface area contributed by atoms with Crippen molar-refractivity contribution in [2.24, 2.45) is 0 Å². The maximum Gasteiger partial charge on any atom is 0.261 e. The molecule has 0 aliphatic heterocycles. The minimum atomic E-state index is -0.764. The largest absolute Gasteiger partial charge is 0.302 e. The SMILES string of the molecule is CCN(CC)CCN(C(=O)c1cc(Cl)ccc1Cl)c1nc2c(F)cc(F)cc2s1.Cl. The highest BCUT2D eigenvalue weighted by Gasteiger charge is 2.25. The van der Waals surface area contributed by atoms with Gasteiger partial charge in [0.05, 0.1) is 15.3 Å². The zero-order chi connectivity index (χ0) is 21.1. The highest BCUT2D eigenvalue weighted by Crippen LogP contribution is 2.33. The van der Waals surface area contributed by atoms with Crippen LogP contribution in [0.4, 0.5) is 13.9 Å². The molecule has 3 rings (SSSR count). The third-order valence-electron chi connectivity index (χ3n) is 4.57. The average Bonchev–Trinajstić information content (AvgIpc) is 3.10. The summed E-state index contributed by atoms with van der Waals surface area (Å²) in [4.78, 5) is 21.2. The molecule has 30 heavy (non-hydrogen) atoms. The first kappa shape index (κ1) is 24.8. The summed E-state index contributed by atoms with van der Waals surface area (Å²) in [5, 5.41) is 0.905. The predicted octanol–water partition coefficient (Wildman–Crippen LogP) is 6.29. The molecular formula is C20H20Cl3F2N3OS. The van der Waals surface area contributed by atoms with Crippen LogP contribution >= 0.6 is 46.9 Å². The van der Waals surface area contributed by atoms with Gasteiger partial charge in [-0.25, -0.2) is 13.8 Å². The summed E-state index contributed by atoms with van der Waals surface area (Å²) in [6, 6.07) is 6.62. The topological polar surface area (TPSA) is 36.4 Å². The lowest BCUT2D eigenvalue weighted by Gasteiger charge is -2.25. The van der Waals surface area contributed by atoms with Crippen molar-refractivity contribution < 1.29 is 13.6 Å². The Morgan fingerprint density at radius 2 is 1.80 bits per heavy atom. The number of amides is 1. The fourth-order valence-electron chi connectivity index (χ4n) is 2.93. The number of halogens is 5. The van der Waals surface area contributed by atoms with E-state index in [1.807, 2.05) is 13.8 Å². The standard InChI is InChI=1S/C20H19Cl2F2N3OS.ClH/c1-3-26(4-2)7-8-27(19(28)14-9-12(21)5-6-15(14)22)20-25-18-16(24)10-13(23)11-17(18)29-20;/h5-6,9-11H,3-4,7-8H2,1-2H3;1H. The zero-order valence-corrected chi connectivity index (χ0v) is 19.4. The van der Waals surface area contributed by atoms with Gasteiger partial charge in [0.15, 0.2) is 10.9 Å². The van der Waals surface area contributed by atoms with E-state index in [0.29, 0.717) is 22.8 Å². The Bertz CT molecular complexity index is 1040. The molecule has 0 aliphatic carbocycles. The van der Waals surface area contributed by atoms with Crippen LogP contribution in [-0.2, 0) is 0 Å². The summed E-state index contributed by atoms with van der Waals surface area (Å²) in [5.74, 6) is -1.85. The van der Waals surface area contributed by atoms with Crippen molar-refractivity contribution in [3.8, 4) is 0 Å². The number of likely N-dealkylation sites (N-methyl/N-ethyl adjacent to an activating group) is 1. The lowest BCUT2D eigenvalue weighted by molar-refractivity contribution is 0.0984. The average molecular weight is 495 g/mol. The van der Waals surface area contributed by atoms with Crippen molar-refractivity contribution >= 4 is 68.2 Å². The van der Waals surface area contributed by atoms with Crippen molar-refractivity contribution in [1.29, 1.82) is 0 Å². The van der Waals surface area contributed by atoms with Gasteiger partial charge in [0.1, 0.15) is 11.3 Å². The highest BCUT2D eigenvalue weighted by molar-refractivity contribution is 7.22. The van der Waals surface area contributed by atoms with Gasteiger partial charge < -0.3 is 4.90 Å². The quantitative estimate of drug-likeness (QED) is 0.387. The van der Waals surface area contributed by atoms with E-state index in [0.717, 1.165) is 30.5 Å². The molecule has 2 aromatic carbocycles. The first-order chi connectivity index (χ1) is 13.8. The molecule has 0 atom stereocenters. The maximum atomic E-state index is 14.1. The molecule has 0 unspecified atom stereocenters. The second-order valence-electron chi connectivity index (χ2n) is 6.34. The molecule has 0 N–H and O–H groups in total. The van der Waals surface area contributed by atoms with Gasteiger partial charge in [0, 0.05) is 24.2 Å². The molecule has 162 valence electrons. The Hall–Kier alpha value is -1.51. The van der Waals surface area contributed by atoms with Crippen LogP contribution in [0.15, 0.2) is 30.3 Å². The second kappa shape index (κ2) is 10.7. The van der Waals surface area contributed by atoms with E-state index < -0.39 is 17.5 Å². The number of nitrogens with zero attached hydrogens (tertiary/aromatic N) is 3. The van der Waals surface area contributed by atoms with E-state index in [1.54, 1.807) is 12.1 Å². The van der Waals surface area contributed by atoms with E-state index >= 15 is 0 Å². The van der Waals surface area contributed by atoms with Gasteiger partial charge in [0.2, 0.25) is 0 Å². The summed E-state index contributed by atoms with van der Waals surface area (Å²) >= 11 is 13.3. The normalized spacial score (nSPS) is 11.0. The number of benzene rings is 2. The number of hydrogen-bond acceptors (Lipinski definition) is 4. The molecule has 1 aromatic heterocycles. The molecule has 3 aromatic rings. The van der Waals surface area contributed by atoms with Gasteiger partial charge in [-0.2, -0.15) is 0 Å². The number of fused-ring (bicyclic) bond motifs is 1. The van der Waals surface area contributed by atoms with E-state index in [-0.39, 0.29) is 33.6 Å². The molecule has 0 fully saturated rings. The zero-order valence-electron chi connectivity index (χ0n) is 16.3. The van der Waals surface area contributed by atoms with Crippen molar-refractivity contribution in [3.63, 3.8) is 0 Å². The number of aromatic nitrogens is 1. The van der Waals surface area contributed by atoms with Crippen LogP contribution in [0.1, 0.15) is 24.2 Å². The van der Waals surface area contributed by atoms with Gasteiger partial charge in [-0.3, -0.25) is 9.69 Å². The van der Waals surface area contributed by atoms with Crippen LogP contribution in [0.5, 0.6) is 0 Å². The van der Waals surface area contributed by atoms with Crippen molar-refractivity contribution in [3.05, 3.63) is 57.6 Å². The van der Waals surface area contributed by atoms with Crippen LogP contribution in [0.25, 0.3) is 10.2 Å². The lowest BCUT2D eigenvalue weighted by Crippen LogP contribution is -2.39. The number of carbonyl (C=O) groups excluding carboxylic acids is 1. The molecule has 1 heterocycles. The minimum absolute atomic E-state index is 0. The van der Waals surface area contributed by atoms with E-state index in [9.17, 15) is 13.6 Å². The highest BCUT2D eigenvalue weighted by atomic mass is 35.5. The molecule has 0 saturated carbocycles. The molecule has 4 nitrogen and oxygen atoms in total. The fourth-order valence-corrected chi connectivity index (χ4v) is 4.33. The van der Waals surface area contributed by atoms with Crippen molar-refractivity contribution in [2.45, 2.75) is 13.8 Å². The fraction of sp³-hybridized carbons (Fsp3) is 0.300. The smallest absolute Gasteiger partial charge is 0.261 e. The summed E-state index contributed by atoms with van der Waals surface area (Å²) < 4.78 is 28.1. The van der Waals surface area contributed by atoms with Crippen molar-refractivity contribution in [1.82, 2.24) is 9.88 Å². The molecule has 0 radical (unpaired) electrons. The number of carbonyl (C=O) groups is 1. The first-order valence-corrected chi connectivity index (χ1v) is 10.7. The van der Waals surface area contributed by atoms with Crippen LogP contribution < -0.4 is 4.90 Å². The molecule has 1 amide bonds. The van der Waals surface area contributed by atoms with Crippen LogP contribution in [-0.4, -0.2) is 42.0 Å². The predicted molar refractivity (Wildman–Crippen MR) is 123 cm³/mol. The van der Waals surface area contributed by atoms with Gasteiger partial charge in [0.25, 0.3) is 5.91 Å². The molecule has 0 bridgehead atoms. The first-order valence-electron chi connectivity index (χ1n) is 9.08. The van der Waals surface area contributed by atoms with E-state index in [4.69, 9.17) is 23.2 Å². The molecule has 0 spiro atoms. The van der Waals surface area contributed by atoms with Gasteiger partial charge in [-0.05, 0) is 37.4 Å². The maximum absolute atomic E-state index is 14.1. The van der Waals surface area contributed by atoms with E-state index in [2.05, 4.69) is 9.88 Å². The second-order valence-corrected chi connectivity index (χ2v) is 8.19. The van der Waals surface area contributed by atoms with Crippen LogP contribution in [0, 0.1) is 11.6 Å². The van der Waals surface area contributed by atoms with Gasteiger partial charge in [-0.15, -0.1) is 12.4 Å². The van der Waals surface area contributed by atoms with Crippen LogP contribution in [0.3, 0.4) is 0 Å². The Balaban J connectivity index is 0.00000320. The summed E-state index contributed by atoms with van der Waals surface area (Å²) in [6.45, 7) is 6.59. The Morgan fingerprint density at radius 3 is 2.47 bits per heavy atom. The van der Waals surface area contributed by atoms with E-state index in [1.165, 1.54) is 17.0 Å². The molecule has 0 aliphatic rings. The van der Waals surface area contributed by atoms with Gasteiger partial charge >= 0.3 is 0 Å². The third kappa shape index (κ3) is 5.39. The monoisotopic (exact) mass is 493 g/mol. The molecule has 10 heteroatoms. The van der Waals surface area contributed by atoms with Crippen LogP contribution in [0.2, 0.25) is 10.0 Å². The third-order valence-corrected chi connectivity index (χ3v) is 6.16. The van der Waals surface area contributed by atoms with Crippen molar-refractivity contribution in [2.75, 3.05) is 31.1 Å². The number of thiazole rings is 1. The Kier molecular flexibility index (Phi) is 8.82. The lowest BCUT2D eigenvalue weighted by atomic mass is 10.2. The number of anilines is 1. The number of hydrogen-bond donors (Lipinski definition) is 0. The number of rotatable bonds is 7. The molecular weight excluding hydrogens is 475 g/mol. The Labute approximate surface area is 193 Å². The van der Waals surface area contributed by atoms with Gasteiger partial charge in [-0.1, -0.05) is 48.4 Å². The summed E-state index contributed by atoms with van der Waals surface area (Å²) in [7, 11) is 0. The Morgan fingerprint density at radius 1 is 1.10 bits per heavy atom.